The first kappa shape index (κ1) is 20.5. The maximum absolute atomic E-state index is 13.0. The van der Waals surface area contributed by atoms with Crippen LogP contribution in [0, 0.1) is 0 Å². The summed E-state index contributed by atoms with van der Waals surface area (Å²) in [5.41, 5.74) is 1.25. The summed E-state index contributed by atoms with van der Waals surface area (Å²) in [6.07, 6.45) is 0.110. The molecule has 2 aromatic heterocycles. The van der Waals surface area contributed by atoms with Crippen LogP contribution >= 0.6 is 0 Å². The highest BCUT2D eigenvalue weighted by molar-refractivity contribution is 5.86. The average molecular weight is 424 g/mol. The number of carboxylic acid groups (broad SMARTS) is 1. The lowest BCUT2D eigenvalue weighted by atomic mass is 9.86. The van der Waals surface area contributed by atoms with Crippen molar-refractivity contribution in [2.45, 2.75) is 39.0 Å². The number of hydrogen-bond donors (Lipinski definition) is 3. The highest BCUT2D eigenvalue weighted by Gasteiger charge is 2.45. The number of carbonyl (C=O) groups excluding carboxylic acids is 1. The predicted octanol–water partition coefficient (Wildman–Crippen LogP) is 1.88. The minimum Gasteiger partial charge on any atom is -0.508 e. The molecule has 0 bridgehead atoms. The highest BCUT2D eigenvalue weighted by Crippen LogP contribution is 2.38. The zero-order chi connectivity index (χ0) is 22.5. The molecule has 9 nitrogen and oxygen atoms in total. The number of aromatic nitrogens is 2. The second-order valence-electron chi connectivity index (χ2n) is 7.50. The lowest BCUT2D eigenvalue weighted by molar-refractivity contribution is -0.172. The minimum absolute atomic E-state index is 0.110. The van der Waals surface area contributed by atoms with E-state index in [1.165, 1.54) is 0 Å². The fourth-order valence-corrected chi connectivity index (χ4v) is 3.97. The molecule has 0 saturated carbocycles. The first-order valence-electron chi connectivity index (χ1n) is 9.65. The molecule has 0 spiro atoms. The maximum atomic E-state index is 13.0. The van der Waals surface area contributed by atoms with E-state index in [0.29, 0.717) is 34.6 Å². The van der Waals surface area contributed by atoms with Gasteiger partial charge in [-0.1, -0.05) is 6.92 Å². The van der Waals surface area contributed by atoms with Crippen LogP contribution in [0.2, 0.25) is 0 Å². The van der Waals surface area contributed by atoms with Gasteiger partial charge in [0.1, 0.15) is 12.4 Å². The Bertz CT molecular complexity index is 1310. The Labute approximate surface area is 176 Å². The number of ether oxygens (including phenoxy) is 1. The molecule has 9 heteroatoms. The number of fused-ring (bicyclic) bond motifs is 5. The van der Waals surface area contributed by atoms with Gasteiger partial charge >= 0.3 is 5.97 Å². The van der Waals surface area contributed by atoms with Gasteiger partial charge in [0.15, 0.2) is 5.60 Å². The van der Waals surface area contributed by atoms with Crippen LogP contribution in [0.25, 0.3) is 22.3 Å². The van der Waals surface area contributed by atoms with E-state index in [0.717, 1.165) is 17.9 Å². The maximum Gasteiger partial charge on any atom is 0.343 e. The first-order valence-corrected chi connectivity index (χ1v) is 9.65. The highest BCUT2D eigenvalue weighted by atomic mass is 16.6. The van der Waals surface area contributed by atoms with Crippen LogP contribution in [0.3, 0.4) is 0 Å². The summed E-state index contributed by atoms with van der Waals surface area (Å²) in [6.45, 7) is 2.95. The summed E-state index contributed by atoms with van der Waals surface area (Å²) in [5.74, 6) is -1.42. The number of rotatable bonds is 1. The van der Waals surface area contributed by atoms with Gasteiger partial charge in [0.05, 0.1) is 29.0 Å². The fourth-order valence-electron chi connectivity index (χ4n) is 3.97. The smallest absolute Gasteiger partial charge is 0.343 e. The number of phenolic OH excluding ortho intramolecular Hbond substituents is 1. The minimum atomic E-state index is -1.83. The van der Waals surface area contributed by atoms with Gasteiger partial charge in [-0.15, -0.1) is 0 Å². The molecule has 0 fully saturated rings. The molecular weight excluding hydrogens is 404 g/mol. The fraction of sp³-hybridized carbons (Fsp3) is 0.273. The first-order chi connectivity index (χ1) is 14.7. The number of nitrogens with zero attached hydrogens (tertiary/aromatic N) is 2. The number of pyridine rings is 2. The summed E-state index contributed by atoms with van der Waals surface area (Å²) in [5, 5.41) is 28.7. The third-order valence-corrected chi connectivity index (χ3v) is 5.49. The van der Waals surface area contributed by atoms with Crippen LogP contribution in [-0.2, 0) is 33.1 Å². The molecule has 5 rings (SSSR count). The molecule has 31 heavy (non-hydrogen) atoms. The SMILES string of the molecule is CC(=O)O.CCC1(O)C(=O)OCc2c1cc1n(c2=O)Cc2cc3cc(O)ccc3nc2-1. The number of aliphatic carboxylic acids is 1. The van der Waals surface area contributed by atoms with Gasteiger partial charge in [0, 0.05) is 23.4 Å². The standard InChI is InChI=1S/C20H16N2O5.C2H4O2/c1-2-20(26)14-7-16-17-11(5-10-6-12(23)3-4-15(10)21-17)8-22(16)18(24)13(14)9-27-19(20)25;1-2(3)4/h3-7,23,26H,2,8-9H2,1H3;1H3,(H,3,4). The summed E-state index contributed by atoms with van der Waals surface area (Å²) in [4.78, 5) is 38.8. The van der Waals surface area contributed by atoms with E-state index in [9.17, 15) is 19.8 Å². The van der Waals surface area contributed by atoms with Crippen LogP contribution in [0.4, 0.5) is 0 Å². The zero-order valence-corrected chi connectivity index (χ0v) is 16.9. The Balaban J connectivity index is 0.000000535. The van der Waals surface area contributed by atoms with Crippen LogP contribution in [-0.4, -0.2) is 36.8 Å². The predicted molar refractivity (Wildman–Crippen MR) is 109 cm³/mol. The Morgan fingerprint density at radius 3 is 2.65 bits per heavy atom. The van der Waals surface area contributed by atoms with Crippen molar-refractivity contribution >= 4 is 22.8 Å². The Morgan fingerprint density at radius 2 is 1.97 bits per heavy atom. The molecule has 0 aliphatic carbocycles. The van der Waals surface area contributed by atoms with E-state index in [4.69, 9.17) is 14.6 Å². The van der Waals surface area contributed by atoms with Crippen molar-refractivity contribution in [1.82, 2.24) is 9.55 Å². The quantitative estimate of drug-likeness (QED) is 0.394. The van der Waals surface area contributed by atoms with Gasteiger partial charge < -0.3 is 24.6 Å². The monoisotopic (exact) mass is 424 g/mol. The molecule has 0 saturated heterocycles. The Kier molecular flexibility index (Phi) is 4.78. The third kappa shape index (κ3) is 3.23. The molecule has 1 unspecified atom stereocenters. The van der Waals surface area contributed by atoms with Crippen LogP contribution < -0.4 is 5.56 Å². The molecule has 3 aromatic rings. The lowest BCUT2D eigenvalue weighted by Gasteiger charge is -2.31. The number of cyclic esters (lactones) is 1. The molecule has 1 aromatic carbocycles. The van der Waals surface area contributed by atoms with E-state index < -0.39 is 17.5 Å². The number of carboxylic acids is 1. The number of aromatic hydroxyl groups is 1. The van der Waals surface area contributed by atoms with Crippen LogP contribution in [0.1, 0.15) is 37.0 Å². The molecule has 0 amide bonds. The number of esters is 1. The number of hydrogen-bond acceptors (Lipinski definition) is 7. The molecule has 2 aliphatic heterocycles. The molecule has 2 aliphatic rings. The number of carbonyl (C=O) groups is 2. The number of benzene rings is 1. The molecule has 4 heterocycles. The van der Waals surface area contributed by atoms with E-state index >= 15 is 0 Å². The molecule has 1 atom stereocenters. The largest absolute Gasteiger partial charge is 0.508 e. The topological polar surface area (TPSA) is 139 Å². The Hall–Kier alpha value is -3.72. The number of aliphatic hydroxyl groups is 1. The molecule has 160 valence electrons. The van der Waals surface area contributed by atoms with Crippen molar-refractivity contribution in [3.05, 3.63) is 57.4 Å². The van der Waals surface area contributed by atoms with E-state index in [-0.39, 0.29) is 24.3 Å². The second-order valence-corrected chi connectivity index (χ2v) is 7.50. The normalized spacial score (nSPS) is 18.4. The molecular formula is C22H20N2O7. The molecule has 0 radical (unpaired) electrons. The van der Waals surface area contributed by atoms with Gasteiger partial charge in [-0.3, -0.25) is 9.59 Å². The van der Waals surface area contributed by atoms with Gasteiger partial charge in [-0.05, 0) is 36.8 Å². The summed E-state index contributed by atoms with van der Waals surface area (Å²) < 4.78 is 6.65. The molecule has 3 N–H and O–H groups in total. The average Bonchev–Trinajstić information content (AvgIpc) is 3.07. The summed E-state index contributed by atoms with van der Waals surface area (Å²) >= 11 is 0. The second kappa shape index (κ2) is 7.21. The van der Waals surface area contributed by atoms with Crippen molar-refractivity contribution in [2.75, 3.05) is 0 Å². The van der Waals surface area contributed by atoms with Gasteiger partial charge in [0.25, 0.3) is 11.5 Å². The zero-order valence-electron chi connectivity index (χ0n) is 16.9. The summed E-state index contributed by atoms with van der Waals surface area (Å²) in [6, 6.07) is 8.48. The van der Waals surface area contributed by atoms with E-state index in [2.05, 4.69) is 4.98 Å². The van der Waals surface area contributed by atoms with E-state index in [1.54, 1.807) is 35.8 Å². The van der Waals surface area contributed by atoms with Crippen LogP contribution in [0.15, 0.2) is 35.1 Å². The third-order valence-electron chi connectivity index (χ3n) is 5.49. The Morgan fingerprint density at radius 1 is 1.26 bits per heavy atom. The van der Waals surface area contributed by atoms with Gasteiger partial charge in [0.2, 0.25) is 0 Å². The van der Waals surface area contributed by atoms with Crippen molar-refractivity contribution < 1.29 is 29.6 Å². The number of phenols is 1. The van der Waals surface area contributed by atoms with Crippen molar-refractivity contribution in [2.24, 2.45) is 0 Å². The van der Waals surface area contributed by atoms with Crippen LogP contribution in [0.5, 0.6) is 5.75 Å². The van der Waals surface area contributed by atoms with E-state index in [1.807, 2.05) is 6.07 Å². The van der Waals surface area contributed by atoms with Gasteiger partial charge in [-0.2, -0.15) is 0 Å². The van der Waals surface area contributed by atoms with Gasteiger partial charge in [-0.25, -0.2) is 9.78 Å². The van der Waals surface area contributed by atoms with Crippen molar-refractivity contribution in [3.63, 3.8) is 0 Å². The van der Waals surface area contributed by atoms with Crippen molar-refractivity contribution in [3.8, 4) is 17.1 Å². The summed E-state index contributed by atoms with van der Waals surface area (Å²) in [7, 11) is 0. The van der Waals surface area contributed by atoms with Crippen molar-refractivity contribution in [1.29, 1.82) is 0 Å². The lowest BCUT2D eigenvalue weighted by Crippen LogP contribution is -2.44.